The van der Waals surface area contributed by atoms with E-state index < -0.39 is 21.8 Å². The molecule has 1 aromatic heterocycles. The van der Waals surface area contributed by atoms with Crippen LogP contribution in [-0.4, -0.2) is 56.2 Å². The topological polar surface area (TPSA) is 84.0 Å². The molecule has 0 radical (unpaired) electrons. The summed E-state index contributed by atoms with van der Waals surface area (Å²) in [6.45, 7) is 4.43. The number of methoxy groups -OCH3 is 1. The zero-order chi connectivity index (χ0) is 22.1. The summed E-state index contributed by atoms with van der Waals surface area (Å²) in [4.78, 5) is 27.4. The molecule has 0 saturated heterocycles. The quantitative estimate of drug-likeness (QED) is 0.627. The van der Waals surface area contributed by atoms with Gasteiger partial charge in [-0.3, -0.25) is 4.79 Å². The molecule has 0 atom stereocenters. The molecule has 10 heteroatoms. The Bertz CT molecular complexity index is 1080. The van der Waals surface area contributed by atoms with E-state index in [1.807, 2.05) is 0 Å². The van der Waals surface area contributed by atoms with Crippen LogP contribution in [0.3, 0.4) is 0 Å². The number of rotatable bonds is 6. The lowest BCUT2D eigenvalue weighted by atomic mass is 10.0. The molecule has 0 bridgehead atoms. The fourth-order valence-electron chi connectivity index (χ4n) is 3.53. The zero-order valence-corrected chi connectivity index (χ0v) is 18.6. The fraction of sp³-hybridized carbons (Fsp3) is 0.400. The second kappa shape index (κ2) is 8.83. The maximum atomic E-state index is 13.5. The Morgan fingerprint density at radius 2 is 1.97 bits per heavy atom. The Hall–Kier alpha value is -2.30. The molecule has 0 N–H and O–H groups in total. The van der Waals surface area contributed by atoms with Gasteiger partial charge in [0.25, 0.3) is 15.9 Å². The molecule has 1 amide bonds. The number of esters is 1. The van der Waals surface area contributed by atoms with Gasteiger partial charge < -0.3 is 9.64 Å². The lowest BCUT2D eigenvalue weighted by Crippen LogP contribution is -2.35. The van der Waals surface area contributed by atoms with Crippen molar-refractivity contribution >= 4 is 33.2 Å². The van der Waals surface area contributed by atoms with Crippen LogP contribution < -0.4 is 0 Å². The molecule has 0 spiro atoms. The van der Waals surface area contributed by atoms with Gasteiger partial charge in [0.1, 0.15) is 10.0 Å². The Kier molecular flexibility index (Phi) is 6.59. The molecular weight excluding hydrogens is 431 g/mol. The van der Waals surface area contributed by atoms with Crippen molar-refractivity contribution in [2.24, 2.45) is 0 Å². The first kappa shape index (κ1) is 22.4. The average Bonchev–Trinajstić information content (AvgIpc) is 3.13. The summed E-state index contributed by atoms with van der Waals surface area (Å²) in [5.41, 5.74) is 0.877. The second-order valence-electron chi connectivity index (χ2n) is 6.73. The van der Waals surface area contributed by atoms with E-state index in [4.69, 9.17) is 4.74 Å². The number of halogens is 1. The van der Waals surface area contributed by atoms with Crippen molar-refractivity contribution < 1.29 is 27.1 Å². The number of carbonyl (C=O) groups excluding carboxylic acids is 2. The molecule has 0 saturated carbocycles. The van der Waals surface area contributed by atoms with E-state index >= 15 is 0 Å². The number of fused-ring (bicyclic) bond motifs is 1. The summed E-state index contributed by atoms with van der Waals surface area (Å²) in [6.07, 6.45) is 0.311. The minimum atomic E-state index is -3.88. The van der Waals surface area contributed by atoms with E-state index in [1.165, 1.54) is 40.6 Å². The lowest BCUT2D eigenvalue weighted by molar-refractivity contribution is 0.0595. The number of ether oxygens (including phenoxy) is 1. The monoisotopic (exact) mass is 454 g/mol. The van der Waals surface area contributed by atoms with E-state index in [1.54, 1.807) is 13.8 Å². The van der Waals surface area contributed by atoms with Crippen LogP contribution >= 0.6 is 11.3 Å². The minimum absolute atomic E-state index is 0.0527. The maximum absolute atomic E-state index is 13.5. The number of amides is 1. The van der Waals surface area contributed by atoms with Crippen LogP contribution in [0.4, 0.5) is 4.39 Å². The highest BCUT2D eigenvalue weighted by Gasteiger charge is 2.37. The number of hydrogen-bond donors (Lipinski definition) is 0. The van der Waals surface area contributed by atoms with Crippen LogP contribution in [0.1, 0.15) is 45.0 Å². The molecule has 1 aliphatic rings. The van der Waals surface area contributed by atoms with Crippen molar-refractivity contribution in [2.45, 2.75) is 31.0 Å². The zero-order valence-electron chi connectivity index (χ0n) is 17.0. The highest BCUT2D eigenvalue weighted by atomic mass is 32.2. The molecule has 2 heterocycles. The standard InChI is InChI=1S/C20H23FN2O5S2/c1-4-23(5-2)30(26,27)20-17(19(25)28-3)15-9-10-22(12-16(15)29-20)18(24)13-7-6-8-14(21)11-13/h6-8,11H,4-5,9-10,12H2,1-3H3. The van der Waals surface area contributed by atoms with Gasteiger partial charge in [-0.1, -0.05) is 19.9 Å². The van der Waals surface area contributed by atoms with Crippen LogP contribution in [-0.2, 0) is 27.7 Å². The summed E-state index contributed by atoms with van der Waals surface area (Å²) in [5, 5.41) is 0. The molecule has 2 aromatic rings. The van der Waals surface area contributed by atoms with Crippen LogP contribution in [0.5, 0.6) is 0 Å². The van der Waals surface area contributed by atoms with Gasteiger partial charge >= 0.3 is 5.97 Å². The predicted molar refractivity (Wildman–Crippen MR) is 111 cm³/mol. The molecule has 30 heavy (non-hydrogen) atoms. The third-order valence-electron chi connectivity index (χ3n) is 5.05. The van der Waals surface area contributed by atoms with Crippen molar-refractivity contribution in [1.82, 2.24) is 9.21 Å². The highest BCUT2D eigenvalue weighted by Crippen LogP contribution is 2.38. The SMILES string of the molecule is CCN(CC)S(=O)(=O)c1sc2c(c1C(=O)OC)CCN(C(=O)c1cccc(F)c1)C2. The number of hydrogen-bond acceptors (Lipinski definition) is 6. The third kappa shape index (κ3) is 3.99. The molecular formula is C20H23FN2O5S2. The fourth-order valence-corrected chi connectivity index (χ4v) is 7.03. The van der Waals surface area contributed by atoms with Gasteiger partial charge in [0, 0.05) is 30.1 Å². The summed E-state index contributed by atoms with van der Waals surface area (Å²) in [7, 11) is -2.67. The van der Waals surface area contributed by atoms with Crippen molar-refractivity contribution in [1.29, 1.82) is 0 Å². The van der Waals surface area contributed by atoms with E-state index in [0.29, 0.717) is 16.9 Å². The van der Waals surface area contributed by atoms with Gasteiger partial charge in [0.2, 0.25) is 0 Å². The Morgan fingerprint density at radius 3 is 2.57 bits per heavy atom. The van der Waals surface area contributed by atoms with Gasteiger partial charge in [-0.05, 0) is 30.2 Å². The largest absolute Gasteiger partial charge is 0.465 e. The summed E-state index contributed by atoms with van der Waals surface area (Å²) >= 11 is 0.993. The molecule has 1 aliphatic heterocycles. The second-order valence-corrected chi connectivity index (χ2v) is 9.97. The average molecular weight is 455 g/mol. The van der Waals surface area contributed by atoms with E-state index in [-0.39, 0.29) is 47.4 Å². The Labute approximate surface area is 179 Å². The van der Waals surface area contributed by atoms with Gasteiger partial charge in [-0.25, -0.2) is 17.6 Å². The number of sulfonamides is 1. The molecule has 1 aromatic carbocycles. The van der Waals surface area contributed by atoms with Crippen LogP contribution in [0, 0.1) is 5.82 Å². The van der Waals surface area contributed by atoms with Gasteiger partial charge in [-0.15, -0.1) is 11.3 Å². The van der Waals surface area contributed by atoms with Gasteiger partial charge in [-0.2, -0.15) is 4.31 Å². The van der Waals surface area contributed by atoms with E-state index in [0.717, 1.165) is 11.3 Å². The maximum Gasteiger partial charge on any atom is 0.340 e. The molecule has 162 valence electrons. The first-order valence-electron chi connectivity index (χ1n) is 9.52. The Morgan fingerprint density at radius 1 is 1.27 bits per heavy atom. The van der Waals surface area contributed by atoms with Crippen molar-refractivity contribution in [3.8, 4) is 0 Å². The number of benzene rings is 1. The lowest BCUT2D eigenvalue weighted by Gasteiger charge is -2.27. The third-order valence-corrected chi connectivity index (χ3v) is 8.81. The summed E-state index contributed by atoms with van der Waals surface area (Å²) in [6, 6.07) is 5.43. The molecule has 7 nitrogen and oxygen atoms in total. The summed E-state index contributed by atoms with van der Waals surface area (Å²) in [5.74, 6) is -1.56. The van der Waals surface area contributed by atoms with E-state index in [9.17, 15) is 22.4 Å². The van der Waals surface area contributed by atoms with Crippen LogP contribution in [0.25, 0.3) is 0 Å². The number of carbonyl (C=O) groups is 2. The highest BCUT2D eigenvalue weighted by molar-refractivity contribution is 7.91. The minimum Gasteiger partial charge on any atom is -0.465 e. The van der Waals surface area contributed by atoms with Crippen molar-refractivity contribution in [3.05, 3.63) is 51.7 Å². The number of nitrogens with zero attached hydrogens (tertiary/aromatic N) is 2. The van der Waals surface area contributed by atoms with Crippen molar-refractivity contribution in [3.63, 3.8) is 0 Å². The predicted octanol–water partition coefficient (Wildman–Crippen LogP) is 2.90. The Balaban J connectivity index is 2.02. The molecule has 0 aliphatic carbocycles. The van der Waals surface area contributed by atoms with Crippen LogP contribution in [0.2, 0.25) is 0 Å². The normalized spacial score (nSPS) is 14.0. The van der Waals surface area contributed by atoms with E-state index in [2.05, 4.69) is 0 Å². The molecule has 0 fully saturated rings. The van der Waals surface area contributed by atoms with Crippen molar-refractivity contribution in [2.75, 3.05) is 26.7 Å². The first-order valence-corrected chi connectivity index (χ1v) is 11.8. The molecule has 0 unspecified atom stereocenters. The van der Waals surface area contributed by atoms with Crippen LogP contribution in [0.15, 0.2) is 28.5 Å². The van der Waals surface area contributed by atoms with Gasteiger partial charge in [0.15, 0.2) is 0 Å². The smallest absolute Gasteiger partial charge is 0.340 e. The first-order chi connectivity index (χ1) is 14.2. The summed E-state index contributed by atoms with van der Waals surface area (Å²) < 4.78 is 45.9. The molecule has 3 rings (SSSR count). The number of thiophene rings is 1. The van der Waals surface area contributed by atoms with Gasteiger partial charge in [0.05, 0.1) is 19.2 Å².